The summed E-state index contributed by atoms with van der Waals surface area (Å²) in [5, 5.41) is 10.2. The smallest absolute Gasteiger partial charge is 0.125 e. The van der Waals surface area contributed by atoms with Crippen LogP contribution in [0.15, 0.2) is 12.1 Å². The van der Waals surface area contributed by atoms with E-state index in [0.29, 0.717) is 6.61 Å². The molecule has 1 unspecified atom stereocenters. The van der Waals surface area contributed by atoms with Crippen molar-refractivity contribution in [1.82, 2.24) is 4.90 Å². The Hall–Kier alpha value is -0.770. The molecule has 1 aliphatic heterocycles. The lowest BCUT2D eigenvalue weighted by Gasteiger charge is -2.31. The molecule has 1 fully saturated rings. The minimum atomic E-state index is -0.418. The molecular weight excluding hydrogens is 298 g/mol. The van der Waals surface area contributed by atoms with Gasteiger partial charge in [-0.2, -0.15) is 0 Å². The second kappa shape index (κ2) is 8.76. The normalized spacial score (nSPS) is 17.9. The molecule has 0 amide bonds. The number of hydrogen-bond acceptors (Lipinski definition) is 3. The first-order valence-electron chi connectivity index (χ1n) is 8.06. The molecular formula is C18H29ClNO2-. The lowest BCUT2D eigenvalue weighted by Crippen LogP contribution is -3.00. The lowest BCUT2D eigenvalue weighted by atomic mass is 9.99. The highest BCUT2D eigenvalue weighted by Gasteiger charge is 2.19. The summed E-state index contributed by atoms with van der Waals surface area (Å²) in [5.41, 5.74) is 3.54. The molecule has 1 N–H and O–H groups in total. The molecule has 0 saturated carbocycles. The number of rotatable bonds is 5. The monoisotopic (exact) mass is 326 g/mol. The number of halogens is 1. The Morgan fingerprint density at radius 1 is 1.18 bits per heavy atom. The van der Waals surface area contributed by atoms with E-state index in [1.807, 2.05) is 0 Å². The predicted molar refractivity (Wildman–Crippen MR) is 87.0 cm³/mol. The molecule has 1 saturated heterocycles. The van der Waals surface area contributed by atoms with Gasteiger partial charge in [-0.3, -0.25) is 0 Å². The molecule has 3 nitrogen and oxygen atoms in total. The average molecular weight is 327 g/mol. The summed E-state index contributed by atoms with van der Waals surface area (Å²) in [6.45, 7) is 11.8. The molecule has 2 rings (SSSR count). The van der Waals surface area contributed by atoms with Gasteiger partial charge in [0.2, 0.25) is 0 Å². The van der Waals surface area contributed by atoms with Gasteiger partial charge in [-0.25, -0.2) is 0 Å². The predicted octanol–water partition coefficient (Wildman–Crippen LogP) is 0.0875. The zero-order valence-corrected chi connectivity index (χ0v) is 15.0. The summed E-state index contributed by atoms with van der Waals surface area (Å²) in [7, 11) is 0. The molecule has 126 valence electrons. The molecule has 1 aliphatic rings. The molecule has 22 heavy (non-hydrogen) atoms. The van der Waals surface area contributed by atoms with Crippen LogP contribution in [0.25, 0.3) is 0 Å². The Kier molecular flexibility index (Phi) is 7.67. The van der Waals surface area contributed by atoms with Crippen molar-refractivity contribution in [3.8, 4) is 5.75 Å². The van der Waals surface area contributed by atoms with Crippen molar-refractivity contribution in [2.75, 3.05) is 26.2 Å². The molecule has 1 heterocycles. The van der Waals surface area contributed by atoms with Crippen molar-refractivity contribution in [2.24, 2.45) is 5.92 Å². The number of β-amino-alcohol motifs (C(OH)–C–C–N with tert-alkyl or cyclic N) is 1. The highest BCUT2D eigenvalue weighted by molar-refractivity contribution is 5.42. The average Bonchev–Trinajstić information content (AvgIpc) is 2.40. The summed E-state index contributed by atoms with van der Waals surface area (Å²) in [6, 6.07) is 4.25. The van der Waals surface area contributed by atoms with E-state index < -0.39 is 6.10 Å². The van der Waals surface area contributed by atoms with Crippen LogP contribution in [-0.2, 0) is 0 Å². The van der Waals surface area contributed by atoms with E-state index in [1.165, 1.54) is 18.4 Å². The number of benzene rings is 1. The largest absolute Gasteiger partial charge is 1.00 e. The molecule has 4 heteroatoms. The number of likely N-dealkylation sites (tertiary alicyclic amines) is 1. The Bertz CT molecular complexity index is 447. The van der Waals surface area contributed by atoms with Crippen molar-refractivity contribution < 1.29 is 22.3 Å². The first kappa shape index (κ1) is 19.3. The van der Waals surface area contributed by atoms with Crippen LogP contribution in [0.1, 0.15) is 36.5 Å². The van der Waals surface area contributed by atoms with Crippen LogP contribution in [0.5, 0.6) is 5.75 Å². The van der Waals surface area contributed by atoms with Gasteiger partial charge in [-0.15, -0.1) is 0 Å². The molecule has 0 radical (unpaired) electrons. The second-order valence-corrected chi connectivity index (χ2v) is 6.68. The summed E-state index contributed by atoms with van der Waals surface area (Å²) < 4.78 is 5.87. The number of ether oxygens (including phenoxy) is 1. The quantitative estimate of drug-likeness (QED) is 0.832. The maximum absolute atomic E-state index is 10.2. The number of aryl methyl sites for hydroxylation is 3. The highest BCUT2D eigenvalue weighted by atomic mass is 35.5. The first-order chi connectivity index (χ1) is 9.95. The Morgan fingerprint density at radius 3 is 2.27 bits per heavy atom. The third kappa shape index (κ3) is 5.45. The summed E-state index contributed by atoms with van der Waals surface area (Å²) in [6.07, 6.45) is 2.06. The Balaban J connectivity index is 0.00000242. The standard InChI is InChI=1S/C18H29NO2.ClH/c1-13-5-7-19(8-6-13)11-17(20)12-21-18-15(3)9-14(2)10-16(18)4;/h9-10,13,17,20H,5-8,11-12H2,1-4H3;1H/p-1. The maximum Gasteiger partial charge on any atom is 0.125 e. The van der Waals surface area contributed by atoms with Crippen molar-refractivity contribution in [3.05, 3.63) is 28.8 Å². The third-order valence-corrected chi connectivity index (χ3v) is 4.37. The molecule has 0 bridgehead atoms. The van der Waals surface area contributed by atoms with Gasteiger partial charge in [0.15, 0.2) is 0 Å². The maximum atomic E-state index is 10.2. The third-order valence-electron chi connectivity index (χ3n) is 4.37. The van der Waals surface area contributed by atoms with E-state index in [1.54, 1.807) is 0 Å². The number of aliphatic hydroxyl groups is 1. The number of aliphatic hydroxyl groups excluding tert-OH is 1. The van der Waals surface area contributed by atoms with Crippen LogP contribution in [-0.4, -0.2) is 42.4 Å². The molecule has 1 atom stereocenters. The summed E-state index contributed by atoms with van der Waals surface area (Å²) in [5.74, 6) is 1.75. The molecule has 1 aromatic rings. The number of piperidine rings is 1. The van der Waals surface area contributed by atoms with Gasteiger partial charge in [-0.1, -0.05) is 24.6 Å². The molecule has 0 aromatic heterocycles. The number of hydrogen-bond donors (Lipinski definition) is 1. The summed E-state index contributed by atoms with van der Waals surface area (Å²) >= 11 is 0. The fraction of sp³-hybridized carbons (Fsp3) is 0.667. The summed E-state index contributed by atoms with van der Waals surface area (Å²) in [4.78, 5) is 2.35. The van der Waals surface area contributed by atoms with Crippen LogP contribution in [0.3, 0.4) is 0 Å². The van der Waals surface area contributed by atoms with Gasteiger partial charge in [-0.05, 0) is 63.7 Å². The fourth-order valence-electron chi connectivity index (χ4n) is 3.17. The van der Waals surface area contributed by atoms with Crippen LogP contribution >= 0.6 is 0 Å². The Morgan fingerprint density at radius 2 is 1.73 bits per heavy atom. The van der Waals surface area contributed by atoms with E-state index in [4.69, 9.17) is 4.74 Å². The van der Waals surface area contributed by atoms with Crippen molar-refractivity contribution >= 4 is 0 Å². The van der Waals surface area contributed by atoms with Crippen molar-refractivity contribution in [3.63, 3.8) is 0 Å². The van der Waals surface area contributed by atoms with Gasteiger partial charge >= 0.3 is 0 Å². The van der Waals surface area contributed by atoms with Crippen LogP contribution in [0.2, 0.25) is 0 Å². The van der Waals surface area contributed by atoms with Gasteiger partial charge in [0, 0.05) is 6.54 Å². The fourth-order valence-corrected chi connectivity index (χ4v) is 3.17. The second-order valence-electron chi connectivity index (χ2n) is 6.68. The number of nitrogens with zero attached hydrogens (tertiary/aromatic N) is 1. The van der Waals surface area contributed by atoms with Gasteiger partial charge in [0.1, 0.15) is 18.5 Å². The first-order valence-corrected chi connectivity index (χ1v) is 8.06. The highest BCUT2D eigenvalue weighted by Crippen LogP contribution is 2.24. The van der Waals surface area contributed by atoms with E-state index in [-0.39, 0.29) is 12.4 Å². The van der Waals surface area contributed by atoms with E-state index in [9.17, 15) is 5.11 Å². The van der Waals surface area contributed by atoms with Gasteiger partial charge in [0.05, 0.1) is 0 Å². The topological polar surface area (TPSA) is 32.7 Å². The van der Waals surface area contributed by atoms with Crippen LogP contribution in [0.4, 0.5) is 0 Å². The van der Waals surface area contributed by atoms with E-state index >= 15 is 0 Å². The molecule has 1 aromatic carbocycles. The zero-order chi connectivity index (χ0) is 15.4. The minimum absolute atomic E-state index is 0. The molecule has 0 spiro atoms. The van der Waals surface area contributed by atoms with E-state index in [0.717, 1.165) is 42.4 Å². The Labute approximate surface area is 141 Å². The SMILES string of the molecule is Cc1cc(C)c(OCC(O)CN2CCC(C)CC2)c(C)c1.[Cl-]. The van der Waals surface area contributed by atoms with Gasteiger partial charge < -0.3 is 27.2 Å². The van der Waals surface area contributed by atoms with Crippen LogP contribution in [0, 0.1) is 26.7 Å². The lowest BCUT2D eigenvalue weighted by molar-refractivity contribution is -0.00000698. The van der Waals surface area contributed by atoms with E-state index in [2.05, 4.69) is 44.7 Å². The minimum Gasteiger partial charge on any atom is -1.00 e. The van der Waals surface area contributed by atoms with Crippen LogP contribution < -0.4 is 17.1 Å². The van der Waals surface area contributed by atoms with Gasteiger partial charge in [0.25, 0.3) is 0 Å². The van der Waals surface area contributed by atoms with Crippen molar-refractivity contribution in [2.45, 2.75) is 46.6 Å². The zero-order valence-electron chi connectivity index (χ0n) is 14.2. The van der Waals surface area contributed by atoms with Crippen molar-refractivity contribution in [1.29, 1.82) is 0 Å². The molecule has 0 aliphatic carbocycles.